The second kappa shape index (κ2) is 5.19. The maximum atomic E-state index is 12.1. The Hall–Kier alpha value is -1.55. The molecule has 4 nitrogen and oxygen atoms in total. The first-order chi connectivity index (χ1) is 8.24. The Morgan fingerprint density at radius 2 is 2.18 bits per heavy atom. The molecular weight excluding hydrogens is 240 g/mol. The number of hydrogen-bond donors (Lipinski definition) is 0. The quantitative estimate of drug-likeness (QED) is 0.619. The van der Waals surface area contributed by atoms with E-state index in [1.165, 1.54) is 0 Å². The Morgan fingerprint density at radius 3 is 2.94 bits per heavy atom. The lowest BCUT2D eigenvalue weighted by atomic mass is 10.2. The third-order valence-corrected chi connectivity index (χ3v) is 2.66. The topological polar surface area (TPSA) is 44.1 Å². The SMILES string of the molecule is CCCCOn1c(Cl)nc2ccccc2c1=O. The first-order valence-corrected chi connectivity index (χ1v) is 5.92. The molecule has 0 N–H and O–H groups in total. The molecule has 1 aromatic heterocycles. The van der Waals surface area contributed by atoms with Gasteiger partial charge in [0.25, 0.3) is 5.56 Å². The van der Waals surface area contributed by atoms with Gasteiger partial charge >= 0.3 is 0 Å². The van der Waals surface area contributed by atoms with Gasteiger partial charge in [-0.15, -0.1) is 4.73 Å². The Bertz CT molecular complexity index is 580. The van der Waals surface area contributed by atoms with E-state index in [9.17, 15) is 4.79 Å². The van der Waals surface area contributed by atoms with Crippen LogP contribution in [0.25, 0.3) is 10.9 Å². The van der Waals surface area contributed by atoms with Gasteiger partial charge in [0, 0.05) is 0 Å². The predicted molar refractivity (Wildman–Crippen MR) is 67.4 cm³/mol. The number of fused-ring (bicyclic) bond motifs is 1. The Kier molecular flexibility index (Phi) is 3.64. The van der Waals surface area contributed by atoms with Crippen molar-refractivity contribution < 1.29 is 4.84 Å². The number of nitrogens with zero attached hydrogens (tertiary/aromatic N) is 2. The van der Waals surface area contributed by atoms with Crippen LogP contribution in [0, 0.1) is 0 Å². The number of para-hydroxylation sites is 1. The van der Waals surface area contributed by atoms with Crippen molar-refractivity contribution in [2.75, 3.05) is 6.61 Å². The molecule has 0 aliphatic rings. The van der Waals surface area contributed by atoms with E-state index in [4.69, 9.17) is 16.4 Å². The fourth-order valence-corrected chi connectivity index (χ4v) is 1.72. The summed E-state index contributed by atoms with van der Waals surface area (Å²) in [7, 11) is 0. The highest BCUT2D eigenvalue weighted by Crippen LogP contribution is 2.10. The molecule has 0 fully saturated rings. The summed E-state index contributed by atoms with van der Waals surface area (Å²) < 4.78 is 1.06. The third kappa shape index (κ3) is 2.42. The molecule has 0 bridgehead atoms. The van der Waals surface area contributed by atoms with E-state index in [2.05, 4.69) is 4.98 Å². The number of rotatable bonds is 4. The molecule has 5 heteroatoms. The number of benzene rings is 1. The predicted octanol–water partition coefficient (Wildman–Crippen LogP) is 2.28. The van der Waals surface area contributed by atoms with Crippen LogP contribution in [0.1, 0.15) is 19.8 Å². The van der Waals surface area contributed by atoms with Crippen LogP contribution in [-0.2, 0) is 0 Å². The summed E-state index contributed by atoms with van der Waals surface area (Å²) in [5, 5.41) is 0.568. The summed E-state index contributed by atoms with van der Waals surface area (Å²) >= 11 is 5.91. The normalized spacial score (nSPS) is 10.7. The van der Waals surface area contributed by atoms with Gasteiger partial charge in [-0.2, -0.15) is 0 Å². The lowest BCUT2D eigenvalue weighted by Crippen LogP contribution is -2.29. The minimum Gasteiger partial charge on any atom is -0.408 e. The average molecular weight is 253 g/mol. The fraction of sp³-hybridized carbons (Fsp3) is 0.333. The van der Waals surface area contributed by atoms with Crippen molar-refractivity contribution in [1.82, 2.24) is 9.71 Å². The van der Waals surface area contributed by atoms with Crippen LogP contribution in [0.3, 0.4) is 0 Å². The van der Waals surface area contributed by atoms with Crippen LogP contribution >= 0.6 is 11.6 Å². The van der Waals surface area contributed by atoms with Crippen molar-refractivity contribution >= 4 is 22.5 Å². The van der Waals surface area contributed by atoms with Crippen molar-refractivity contribution in [3.8, 4) is 0 Å². The molecule has 2 rings (SSSR count). The Labute approximate surface area is 104 Å². The zero-order valence-electron chi connectivity index (χ0n) is 9.52. The number of hydrogen-bond acceptors (Lipinski definition) is 3. The molecule has 0 aliphatic carbocycles. The molecule has 2 aromatic rings. The van der Waals surface area contributed by atoms with Crippen LogP contribution in [-0.4, -0.2) is 16.3 Å². The summed E-state index contributed by atoms with van der Waals surface area (Å²) in [5.41, 5.74) is 0.314. The first kappa shape index (κ1) is 11.9. The molecule has 0 amide bonds. The van der Waals surface area contributed by atoms with Crippen LogP contribution in [0.5, 0.6) is 0 Å². The summed E-state index contributed by atoms with van der Waals surface area (Å²) in [6.07, 6.45) is 1.86. The fourth-order valence-electron chi connectivity index (χ4n) is 1.50. The molecule has 0 spiro atoms. The minimum absolute atomic E-state index is 0.0600. The highest BCUT2D eigenvalue weighted by Gasteiger charge is 2.09. The van der Waals surface area contributed by atoms with Crippen molar-refractivity contribution in [3.63, 3.8) is 0 Å². The van der Waals surface area contributed by atoms with E-state index in [0.29, 0.717) is 17.5 Å². The maximum absolute atomic E-state index is 12.1. The first-order valence-electron chi connectivity index (χ1n) is 5.54. The lowest BCUT2D eigenvalue weighted by Gasteiger charge is -2.09. The van der Waals surface area contributed by atoms with E-state index >= 15 is 0 Å². The number of aromatic nitrogens is 2. The molecule has 0 atom stereocenters. The smallest absolute Gasteiger partial charge is 0.295 e. The summed E-state index contributed by atoms with van der Waals surface area (Å²) in [6.45, 7) is 2.50. The van der Waals surface area contributed by atoms with Gasteiger partial charge in [0.2, 0.25) is 5.28 Å². The van der Waals surface area contributed by atoms with Gasteiger partial charge in [-0.3, -0.25) is 4.79 Å². The molecule has 0 radical (unpaired) electrons. The van der Waals surface area contributed by atoms with Crippen molar-refractivity contribution in [2.45, 2.75) is 19.8 Å². The van der Waals surface area contributed by atoms with E-state index < -0.39 is 0 Å². The monoisotopic (exact) mass is 252 g/mol. The van der Waals surface area contributed by atoms with Gasteiger partial charge in [-0.25, -0.2) is 4.98 Å². The second-order valence-electron chi connectivity index (χ2n) is 3.68. The summed E-state index contributed by atoms with van der Waals surface area (Å²) in [4.78, 5) is 21.5. The van der Waals surface area contributed by atoms with Crippen LogP contribution in [0.2, 0.25) is 5.28 Å². The minimum atomic E-state index is -0.267. The molecule has 1 heterocycles. The molecule has 0 aliphatic heterocycles. The Balaban J connectivity index is 2.45. The van der Waals surface area contributed by atoms with Gasteiger partial charge in [0.15, 0.2) is 0 Å². The standard InChI is InChI=1S/C12H13ClN2O2/c1-2-3-8-17-15-11(16)9-6-4-5-7-10(9)14-12(15)13/h4-7H,2-3,8H2,1H3. The molecule has 17 heavy (non-hydrogen) atoms. The summed E-state index contributed by atoms with van der Waals surface area (Å²) in [6, 6.07) is 7.06. The van der Waals surface area contributed by atoms with Gasteiger partial charge in [-0.1, -0.05) is 25.5 Å². The molecular formula is C12H13ClN2O2. The number of unbranched alkanes of at least 4 members (excludes halogenated alkanes) is 1. The van der Waals surface area contributed by atoms with Crippen molar-refractivity contribution in [2.24, 2.45) is 0 Å². The lowest BCUT2D eigenvalue weighted by molar-refractivity contribution is 0.0989. The van der Waals surface area contributed by atoms with Gasteiger partial charge < -0.3 is 4.84 Å². The molecule has 1 aromatic carbocycles. The third-order valence-electron chi connectivity index (χ3n) is 2.42. The van der Waals surface area contributed by atoms with Gasteiger partial charge in [-0.05, 0) is 30.2 Å². The van der Waals surface area contributed by atoms with Gasteiger partial charge in [0.05, 0.1) is 10.9 Å². The highest BCUT2D eigenvalue weighted by atomic mass is 35.5. The Morgan fingerprint density at radius 1 is 1.41 bits per heavy atom. The van der Waals surface area contributed by atoms with Gasteiger partial charge in [0.1, 0.15) is 6.61 Å². The van der Waals surface area contributed by atoms with E-state index in [0.717, 1.165) is 17.6 Å². The van der Waals surface area contributed by atoms with Crippen LogP contribution in [0.15, 0.2) is 29.1 Å². The second-order valence-corrected chi connectivity index (χ2v) is 4.02. The highest BCUT2D eigenvalue weighted by molar-refractivity contribution is 6.28. The van der Waals surface area contributed by atoms with E-state index in [1.807, 2.05) is 13.0 Å². The maximum Gasteiger partial charge on any atom is 0.295 e. The van der Waals surface area contributed by atoms with Crippen LogP contribution < -0.4 is 10.4 Å². The van der Waals surface area contributed by atoms with Crippen molar-refractivity contribution in [1.29, 1.82) is 0 Å². The molecule has 0 saturated carbocycles. The molecule has 90 valence electrons. The van der Waals surface area contributed by atoms with E-state index in [1.54, 1.807) is 18.2 Å². The largest absolute Gasteiger partial charge is 0.408 e. The average Bonchev–Trinajstić information content (AvgIpc) is 2.33. The zero-order chi connectivity index (χ0) is 12.3. The molecule has 0 unspecified atom stereocenters. The number of halogens is 1. The van der Waals surface area contributed by atoms with Crippen molar-refractivity contribution in [3.05, 3.63) is 39.9 Å². The van der Waals surface area contributed by atoms with E-state index in [-0.39, 0.29) is 10.8 Å². The zero-order valence-corrected chi connectivity index (χ0v) is 10.3. The summed E-state index contributed by atoms with van der Waals surface area (Å²) in [5.74, 6) is 0. The molecule has 0 saturated heterocycles. The van der Waals surface area contributed by atoms with Crippen LogP contribution in [0.4, 0.5) is 0 Å².